The van der Waals surface area contributed by atoms with Crippen molar-refractivity contribution >= 4 is 28.9 Å². The number of halogens is 1. The van der Waals surface area contributed by atoms with Gasteiger partial charge in [0.2, 0.25) is 0 Å². The van der Waals surface area contributed by atoms with Gasteiger partial charge in [0.25, 0.3) is 5.91 Å². The van der Waals surface area contributed by atoms with Gasteiger partial charge in [0.05, 0.1) is 0 Å². The molecule has 1 aromatic heterocycles. The van der Waals surface area contributed by atoms with Crippen LogP contribution in [0.25, 0.3) is 0 Å². The number of rotatable bonds is 5. The first-order valence-electron chi connectivity index (χ1n) is 7.23. The molecule has 0 unspecified atom stereocenters. The number of esters is 1. The highest BCUT2D eigenvalue weighted by molar-refractivity contribution is 7.14. The summed E-state index contributed by atoms with van der Waals surface area (Å²) in [6, 6.07) is 6.15. The molecule has 0 aliphatic heterocycles. The number of hydrogen-bond acceptors (Lipinski definition) is 4. The Bertz CT molecular complexity index is 739. The maximum absolute atomic E-state index is 13.4. The van der Waals surface area contributed by atoms with E-state index in [0.717, 1.165) is 16.9 Å². The zero-order chi connectivity index (χ0) is 17.0. The molecule has 1 heterocycles. The number of amides is 1. The SMILES string of the molecule is CCc1sc(C(=O)OCC(=O)Nc2ccc(C)c(F)c2)cc1C. The third-order valence-corrected chi connectivity index (χ3v) is 4.69. The van der Waals surface area contributed by atoms with Crippen molar-refractivity contribution in [3.8, 4) is 0 Å². The summed E-state index contributed by atoms with van der Waals surface area (Å²) in [4.78, 5) is 25.3. The smallest absolute Gasteiger partial charge is 0.348 e. The number of anilines is 1. The Kier molecular flexibility index (Phi) is 5.50. The second-order valence-electron chi connectivity index (χ2n) is 5.16. The second-order valence-corrected chi connectivity index (χ2v) is 6.30. The first-order chi connectivity index (χ1) is 10.9. The molecule has 0 saturated carbocycles. The van der Waals surface area contributed by atoms with Crippen LogP contribution in [0, 0.1) is 19.7 Å². The molecule has 2 aromatic rings. The summed E-state index contributed by atoms with van der Waals surface area (Å²) in [5.74, 6) is -1.44. The molecule has 0 saturated heterocycles. The number of nitrogens with one attached hydrogen (secondary N) is 1. The Labute approximate surface area is 138 Å². The first-order valence-corrected chi connectivity index (χ1v) is 8.04. The Balaban J connectivity index is 1.90. The lowest BCUT2D eigenvalue weighted by Gasteiger charge is -2.07. The van der Waals surface area contributed by atoms with Crippen molar-refractivity contribution in [3.63, 3.8) is 0 Å². The summed E-state index contributed by atoms with van der Waals surface area (Å²) in [6.07, 6.45) is 0.850. The van der Waals surface area contributed by atoms with Crippen molar-refractivity contribution in [2.24, 2.45) is 0 Å². The highest BCUT2D eigenvalue weighted by Gasteiger charge is 2.15. The molecule has 0 radical (unpaired) electrons. The zero-order valence-electron chi connectivity index (χ0n) is 13.2. The molecule has 2 rings (SSSR count). The number of thiophene rings is 1. The van der Waals surface area contributed by atoms with Crippen LogP contribution in [-0.4, -0.2) is 18.5 Å². The summed E-state index contributed by atoms with van der Waals surface area (Å²) in [6.45, 7) is 5.18. The van der Waals surface area contributed by atoms with Gasteiger partial charge in [0, 0.05) is 10.6 Å². The molecule has 0 fully saturated rings. The van der Waals surface area contributed by atoms with Crippen molar-refractivity contribution in [2.75, 3.05) is 11.9 Å². The summed E-state index contributed by atoms with van der Waals surface area (Å²) in [5, 5.41) is 2.49. The van der Waals surface area contributed by atoms with E-state index in [1.807, 2.05) is 13.8 Å². The molecule has 0 aliphatic rings. The van der Waals surface area contributed by atoms with E-state index in [4.69, 9.17) is 4.74 Å². The highest BCUT2D eigenvalue weighted by atomic mass is 32.1. The van der Waals surface area contributed by atoms with E-state index >= 15 is 0 Å². The van der Waals surface area contributed by atoms with E-state index in [9.17, 15) is 14.0 Å². The van der Waals surface area contributed by atoms with Crippen LogP contribution in [-0.2, 0) is 16.0 Å². The quantitative estimate of drug-likeness (QED) is 0.844. The van der Waals surface area contributed by atoms with Crippen LogP contribution < -0.4 is 5.32 Å². The third kappa shape index (κ3) is 4.39. The number of benzene rings is 1. The van der Waals surface area contributed by atoms with Crippen LogP contribution >= 0.6 is 11.3 Å². The lowest BCUT2D eigenvalue weighted by Crippen LogP contribution is -2.20. The van der Waals surface area contributed by atoms with E-state index in [2.05, 4.69) is 5.32 Å². The van der Waals surface area contributed by atoms with Gasteiger partial charge in [-0.2, -0.15) is 0 Å². The summed E-state index contributed by atoms with van der Waals surface area (Å²) in [5.41, 5.74) is 1.87. The summed E-state index contributed by atoms with van der Waals surface area (Å²) in [7, 11) is 0. The van der Waals surface area contributed by atoms with Crippen molar-refractivity contribution < 1.29 is 18.7 Å². The van der Waals surface area contributed by atoms with Gasteiger partial charge in [-0.1, -0.05) is 13.0 Å². The average Bonchev–Trinajstić information content (AvgIpc) is 2.89. The maximum Gasteiger partial charge on any atom is 0.348 e. The van der Waals surface area contributed by atoms with Crippen LogP contribution in [0.4, 0.5) is 10.1 Å². The molecule has 0 aliphatic carbocycles. The lowest BCUT2D eigenvalue weighted by atomic mass is 10.2. The Morgan fingerprint density at radius 1 is 1.22 bits per heavy atom. The van der Waals surface area contributed by atoms with Crippen LogP contribution in [0.1, 0.15) is 32.6 Å². The molecule has 0 spiro atoms. The number of carbonyl (C=O) groups excluding carboxylic acids is 2. The van der Waals surface area contributed by atoms with Crippen LogP contribution in [0.3, 0.4) is 0 Å². The fourth-order valence-corrected chi connectivity index (χ4v) is 3.05. The maximum atomic E-state index is 13.4. The number of carbonyl (C=O) groups is 2. The van der Waals surface area contributed by atoms with Gasteiger partial charge in [-0.15, -0.1) is 11.3 Å². The van der Waals surface area contributed by atoms with Crippen LogP contribution in [0.5, 0.6) is 0 Å². The van der Waals surface area contributed by atoms with E-state index in [-0.39, 0.29) is 0 Å². The van der Waals surface area contributed by atoms with E-state index in [0.29, 0.717) is 16.1 Å². The Morgan fingerprint density at radius 3 is 2.57 bits per heavy atom. The number of ether oxygens (including phenoxy) is 1. The van der Waals surface area contributed by atoms with E-state index < -0.39 is 24.3 Å². The third-order valence-electron chi connectivity index (χ3n) is 3.33. The molecule has 0 atom stereocenters. The summed E-state index contributed by atoms with van der Waals surface area (Å²) < 4.78 is 18.4. The molecule has 23 heavy (non-hydrogen) atoms. The lowest BCUT2D eigenvalue weighted by molar-refractivity contribution is -0.119. The predicted molar refractivity (Wildman–Crippen MR) is 88.5 cm³/mol. The van der Waals surface area contributed by atoms with E-state index in [1.165, 1.54) is 17.4 Å². The molecule has 1 amide bonds. The largest absolute Gasteiger partial charge is 0.451 e. The fraction of sp³-hybridized carbons (Fsp3) is 0.294. The summed E-state index contributed by atoms with van der Waals surface area (Å²) >= 11 is 1.37. The number of hydrogen-bond donors (Lipinski definition) is 1. The van der Waals surface area contributed by atoms with Gasteiger partial charge < -0.3 is 10.1 Å². The minimum Gasteiger partial charge on any atom is -0.451 e. The fourth-order valence-electron chi connectivity index (χ4n) is 2.04. The minimum absolute atomic E-state index is 0.328. The van der Waals surface area contributed by atoms with Gasteiger partial charge in [-0.05, 0) is 49.6 Å². The van der Waals surface area contributed by atoms with Crippen molar-refractivity contribution in [1.82, 2.24) is 0 Å². The topological polar surface area (TPSA) is 55.4 Å². The average molecular weight is 335 g/mol. The Hall–Kier alpha value is -2.21. The monoisotopic (exact) mass is 335 g/mol. The van der Waals surface area contributed by atoms with Gasteiger partial charge in [-0.25, -0.2) is 9.18 Å². The molecule has 122 valence electrons. The Morgan fingerprint density at radius 2 is 1.96 bits per heavy atom. The van der Waals surface area contributed by atoms with Crippen LogP contribution in [0.15, 0.2) is 24.3 Å². The molecule has 0 bridgehead atoms. The standard InChI is InChI=1S/C17H18FNO3S/c1-4-14-11(3)7-15(23-14)17(21)22-9-16(20)19-12-6-5-10(2)13(18)8-12/h5-8H,4,9H2,1-3H3,(H,19,20). The van der Waals surface area contributed by atoms with E-state index in [1.54, 1.807) is 25.1 Å². The molecule has 4 nitrogen and oxygen atoms in total. The van der Waals surface area contributed by atoms with Crippen LogP contribution in [0.2, 0.25) is 0 Å². The van der Waals surface area contributed by atoms with Gasteiger partial charge in [0.15, 0.2) is 6.61 Å². The second kappa shape index (κ2) is 7.37. The molecule has 6 heteroatoms. The highest BCUT2D eigenvalue weighted by Crippen LogP contribution is 2.23. The molecule has 1 N–H and O–H groups in total. The normalized spacial score (nSPS) is 10.4. The predicted octanol–water partition coefficient (Wildman–Crippen LogP) is 3.86. The number of aryl methyl sites for hydroxylation is 3. The van der Waals surface area contributed by atoms with Gasteiger partial charge in [-0.3, -0.25) is 4.79 Å². The zero-order valence-corrected chi connectivity index (χ0v) is 14.1. The van der Waals surface area contributed by atoms with Gasteiger partial charge in [0.1, 0.15) is 10.7 Å². The van der Waals surface area contributed by atoms with Crippen molar-refractivity contribution in [3.05, 3.63) is 51.0 Å². The molecular formula is C17H18FNO3S. The van der Waals surface area contributed by atoms with Gasteiger partial charge >= 0.3 is 5.97 Å². The van der Waals surface area contributed by atoms with Crippen molar-refractivity contribution in [2.45, 2.75) is 27.2 Å². The first kappa shape index (κ1) is 17.1. The van der Waals surface area contributed by atoms with Crippen molar-refractivity contribution in [1.29, 1.82) is 0 Å². The molecule has 1 aromatic carbocycles. The molecular weight excluding hydrogens is 317 g/mol. The minimum atomic E-state index is -0.525.